The Morgan fingerprint density at radius 2 is 1.48 bits per heavy atom. The predicted octanol–water partition coefficient (Wildman–Crippen LogP) is 9.08. The Morgan fingerprint density at radius 1 is 0.828 bits per heavy atom. The minimum Gasteiger partial charge on any atom is -0.493 e. The van der Waals surface area contributed by atoms with Crippen LogP contribution in [-0.2, 0) is 6.42 Å². The van der Waals surface area contributed by atoms with Crippen LogP contribution in [0.15, 0.2) is 18.2 Å². The lowest BCUT2D eigenvalue weighted by molar-refractivity contribution is 0.301. The fourth-order valence-electron chi connectivity index (χ4n) is 4.78. The van der Waals surface area contributed by atoms with E-state index in [4.69, 9.17) is 4.74 Å². The molecule has 0 unspecified atom stereocenters. The van der Waals surface area contributed by atoms with Gasteiger partial charge >= 0.3 is 0 Å². The Labute approximate surface area is 182 Å². The van der Waals surface area contributed by atoms with Crippen molar-refractivity contribution in [3.8, 4) is 5.75 Å². The second kappa shape index (κ2) is 16.8. The van der Waals surface area contributed by atoms with E-state index in [9.17, 15) is 0 Å². The average Bonchev–Trinajstić information content (AvgIpc) is 3.26. The molecule has 1 aliphatic rings. The summed E-state index contributed by atoms with van der Waals surface area (Å²) in [5.41, 5.74) is 1.38. The summed E-state index contributed by atoms with van der Waals surface area (Å²) in [4.78, 5) is 0. The highest BCUT2D eigenvalue weighted by atomic mass is 16.5. The van der Waals surface area contributed by atoms with Crippen molar-refractivity contribution in [2.24, 2.45) is 5.92 Å². The molecule has 0 aliphatic heterocycles. The number of hydrogen-bond donors (Lipinski definition) is 0. The maximum Gasteiger partial charge on any atom is 0.123 e. The molecule has 1 aliphatic carbocycles. The SMILES string of the molecule is CCCCCCCCCc1cc[c]cc1OCCCCCCCCC1CCCC1. The normalized spacial score (nSPS) is 14.5. The quantitative estimate of drug-likeness (QED) is 0.224. The van der Waals surface area contributed by atoms with Gasteiger partial charge in [-0.2, -0.15) is 0 Å². The first-order valence-corrected chi connectivity index (χ1v) is 13.0. The third kappa shape index (κ3) is 11.7. The fourth-order valence-corrected chi connectivity index (χ4v) is 4.78. The summed E-state index contributed by atoms with van der Waals surface area (Å²) in [5, 5.41) is 0. The van der Waals surface area contributed by atoms with Gasteiger partial charge in [0.2, 0.25) is 0 Å². The van der Waals surface area contributed by atoms with Crippen LogP contribution in [0.5, 0.6) is 5.75 Å². The highest BCUT2D eigenvalue weighted by molar-refractivity contribution is 5.32. The van der Waals surface area contributed by atoms with Crippen LogP contribution >= 0.6 is 0 Å². The third-order valence-electron chi connectivity index (χ3n) is 6.70. The van der Waals surface area contributed by atoms with Gasteiger partial charge in [0.1, 0.15) is 5.75 Å². The van der Waals surface area contributed by atoms with Gasteiger partial charge in [-0.05, 0) is 42.9 Å². The summed E-state index contributed by atoms with van der Waals surface area (Å²) in [6, 6.07) is 9.48. The smallest absolute Gasteiger partial charge is 0.123 e. The molecule has 1 heteroatoms. The average molecular weight is 400 g/mol. The van der Waals surface area contributed by atoms with Crippen molar-refractivity contribution in [2.75, 3.05) is 6.61 Å². The molecule has 2 rings (SSSR count). The highest BCUT2D eigenvalue weighted by Gasteiger charge is 2.13. The van der Waals surface area contributed by atoms with E-state index in [2.05, 4.69) is 19.1 Å². The first-order valence-electron chi connectivity index (χ1n) is 13.0. The standard InChI is InChI=1S/C28H47O/c1-2-3-4-5-6-10-13-22-27-23-16-17-24-28(27)29-25-18-11-8-7-9-12-19-26-20-14-15-21-26/h16,23-24,26H,2-15,18-22,25H2,1H3. The van der Waals surface area contributed by atoms with Crippen molar-refractivity contribution >= 4 is 0 Å². The fraction of sp³-hybridized carbons (Fsp3) is 0.786. The number of benzene rings is 1. The summed E-state index contributed by atoms with van der Waals surface area (Å²) in [5.74, 6) is 2.15. The number of ether oxygens (including phenoxy) is 1. The lowest BCUT2D eigenvalue weighted by Crippen LogP contribution is -2.00. The van der Waals surface area contributed by atoms with Crippen LogP contribution in [0, 0.1) is 12.0 Å². The molecule has 1 aromatic rings. The summed E-state index contributed by atoms with van der Waals surface area (Å²) < 4.78 is 6.11. The highest BCUT2D eigenvalue weighted by Crippen LogP contribution is 2.29. The zero-order valence-corrected chi connectivity index (χ0v) is 19.4. The first kappa shape index (κ1) is 24.3. The van der Waals surface area contributed by atoms with Crippen LogP contribution in [-0.4, -0.2) is 6.61 Å². The molecular weight excluding hydrogens is 352 g/mol. The van der Waals surface area contributed by atoms with Crippen molar-refractivity contribution in [3.05, 3.63) is 29.8 Å². The molecule has 0 aromatic heterocycles. The molecule has 1 nitrogen and oxygen atoms in total. The van der Waals surface area contributed by atoms with Gasteiger partial charge in [-0.15, -0.1) is 0 Å². The van der Waals surface area contributed by atoms with Gasteiger partial charge < -0.3 is 4.74 Å². The molecule has 0 saturated heterocycles. The van der Waals surface area contributed by atoms with Gasteiger partial charge in [0.15, 0.2) is 0 Å². The van der Waals surface area contributed by atoms with Crippen LogP contribution in [0.1, 0.15) is 128 Å². The molecule has 1 fully saturated rings. The molecule has 0 spiro atoms. The molecule has 1 aromatic carbocycles. The summed E-state index contributed by atoms with van der Waals surface area (Å²) in [7, 11) is 0. The monoisotopic (exact) mass is 399 g/mol. The Kier molecular flexibility index (Phi) is 14.1. The largest absolute Gasteiger partial charge is 0.493 e. The molecule has 0 atom stereocenters. The number of unbranched alkanes of at least 4 members (excludes halogenated alkanes) is 11. The van der Waals surface area contributed by atoms with Crippen LogP contribution in [0.3, 0.4) is 0 Å². The number of rotatable bonds is 18. The Hall–Kier alpha value is -0.980. The molecule has 1 saturated carbocycles. The zero-order chi connectivity index (χ0) is 20.4. The van der Waals surface area contributed by atoms with Crippen LogP contribution in [0.2, 0.25) is 0 Å². The van der Waals surface area contributed by atoms with Crippen LogP contribution in [0.25, 0.3) is 0 Å². The van der Waals surface area contributed by atoms with E-state index in [1.54, 1.807) is 0 Å². The summed E-state index contributed by atoms with van der Waals surface area (Å²) in [6.45, 7) is 3.15. The molecule has 0 heterocycles. The van der Waals surface area contributed by atoms with E-state index in [0.717, 1.165) is 24.7 Å². The molecule has 29 heavy (non-hydrogen) atoms. The van der Waals surface area contributed by atoms with Gasteiger partial charge in [0.25, 0.3) is 0 Å². The van der Waals surface area contributed by atoms with Gasteiger partial charge in [-0.25, -0.2) is 0 Å². The minimum absolute atomic E-state index is 0.865. The molecule has 1 radical (unpaired) electrons. The first-order chi connectivity index (χ1) is 14.4. The van der Waals surface area contributed by atoms with Crippen molar-refractivity contribution in [1.82, 2.24) is 0 Å². The van der Waals surface area contributed by atoms with Crippen molar-refractivity contribution < 1.29 is 4.74 Å². The third-order valence-corrected chi connectivity index (χ3v) is 6.70. The van der Waals surface area contributed by atoms with Crippen molar-refractivity contribution in [3.63, 3.8) is 0 Å². The van der Waals surface area contributed by atoms with Crippen LogP contribution in [0.4, 0.5) is 0 Å². The molecule has 165 valence electrons. The lowest BCUT2D eigenvalue weighted by atomic mass is 9.99. The second-order valence-electron chi connectivity index (χ2n) is 9.31. The second-order valence-corrected chi connectivity index (χ2v) is 9.31. The predicted molar refractivity (Wildman–Crippen MR) is 127 cm³/mol. The van der Waals surface area contributed by atoms with E-state index < -0.39 is 0 Å². The Bertz CT molecular complexity index is 489. The molecule has 0 bridgehead atoms. The zero-order valence-electron chi connectivity index (χ0n) is 19.4. The van der Waals surface area contributed by atoms with Crippen LogP contribution < -0.4 is 4.74 Å². The number of hydrogen-bond acceptors (Lipinski definition) is 1. The maximum atomic E-state index is 6.11. The van der Waals surface area contributed by atoms with E-state index in [1.807, 2.05) is 12.1 Å². The maximum absolute atomic E-state index is 6.11. The van der Waals surface area contributed by atoms with E-state index in [1.165, 1.54) is 121 Å². The minimum atomic E-state index is 0.865. The summed E-state index contributed by atoms with van der Waals surface area (Å²) >= 11 is 0. The Morgan fingerprint density at radius 3 is 2.24 bits per heavy atom. The number of aryl methyl sites for hydroxylation is 1. The topological polar surface area (TPSA) is 9.23 Å². The lowest BCUT2D eigenvalue weighted by Gasteiger charge is -2.11. The molecule has 0 amide bonds. The van der Waals surface area contributed by atoms with E-state index >= 15 is 0 Å². The van der Waals surface area contributed by atoms with Gasteiger partial charge in [0.05, 0.1) is 6.61 Å². The van der Waals surface area contributed by atoms with E-state index in [0.29, 0.717) is 0 Å². The molecular formula is C28H47O. The Balaban J connectivity index is 1.46. The van der Waals surface area contributed by atoms with Gasteiger partial charge in [-0.1, -0.05) is 122 Å². The van der Waals surface area contributed by atoms with Gasteiger partial charge in [-0.3, -0.25) is 0 Å². The van der Waals surface area contributed by atoms with Crippen molar-refractivity contribution in [1.29, 1.82) is 0 Å². The summed E-state index contributed by atoms with van der Waals surface area (Å²) in [6.07, 6.45) is 26.4. The van der Waals surface area contributed by atoms with Crippen molar-refractivity contribution in [2.45, 2.75) is 129 Å². The van der Waals surface area contributed by atoms with E-state index in [-0.39, 0.29) is 0 Å². The molecule has 0 N–H and O–H groups in total. The van der Waals surface area contributed by atoms with Gasteiger partial charge in [0, 0.05) is 0 Å².